The number of aromatic nitrogens is 1. The van der Waals surface area contributed by atoms with Crippen molar-refractivity contribution in [3.8, 4) is 0 Å². The van der Waals surface area contributed by atoms with E-state index >= 15 is 0 Å². The first-order valence-corrected chi connectivity index (χ1v) is 8.54. The van der Waals surface area contributed by atoms with Gasteiger partial charge in [0.15, 0.2) is 0 Å². The smallest absolute Gasteiger partial charge is 0.220 e. The predicted molar refractivity (Wildman–Crippen MR) is 90.1 cm³/mol. The van der Waals surface area contributed by atoms with Crippen LogP contribution in [0.2, 0.25) is 0 Å². The Morgan fingerprint density at radius 1 is 1.36 bits per heavy atom. The van der Waals surface area contributed by atoms with Crippen molar-refractivity contribution in [2.75, 3.05) is 25.0 Å². The molecular formula is C17H28N4O. The SMILES string of the molecule is CC.O=C(CCCc1ccc2c(n1)NCCC2)NC1CNC1. The molecule has 22 heavy (non-hydrogen) atoms. The van der Waals surface area contributed by atoms with Crippen molar-refractivity contribution < 1.29 is 4.79 Å². The second-order valence-electron chi connectivity index (χ2n) is 5.62. The third-order valence-corrected chi connectivity index (χ3v) is 3.94. The summed E-state index contributed by atoms with van der Waals surface area (Å²) in [6.07, 6.45) is 4.61. The summed E-state index contributed by atoms with van der Waals surface area (Å²) in [6.45, 7) is 6.83. The summed E-state index contributed by atoms with van der Waals surface area (Å²) >= 11 is 0. The fourth-order valence-corrected chi connectivity index (χ4v) is 2.63. The second kappa shape index (κ2) is 8.73. The largest absolute Gasteiger partial charge is 0.370 e. The van der Waals surface area contributed by atoms with Crippen LogP contribution in [0.25, 0.3) is 0 Å². The fourth-order valence-electron chi connectivity index (χ4n) is 2.63. The Labute approximate surface area is 133 Å². The Kier molecular flexibility index (Phi) is 6.65. The van der Waals surface area contributed by atoms with Gasteiger partial charge in [-0.05, 0) is 37.3 Å². The lowest BCUT2D eigenvalue weighted by Gasteiger charge is -2.27. The summed E-state index contributed by atoms with van der Waals surface area (Å²) in [5.74, 6) is 1.20. The van der Waals surface area contributed by atoms with E-state index in [0.29, 0.717) is 12.5 Å². The van der Waals surface area contributed by atoms with Gasteiger partial charge in [0.05, 0.1) is 6.04 Å². The van der Waals surface area contributed by atoms with E-state index in [-0.39, 0.29) is 5.91 Å². The third-order valence-electron chi connectivity index (χ3n) is 3.94. The molecule has 0 spiro atoms. The number of carbonyl (C=O) groups is 1. The van der Waals surface area contributed by atoms with E-state index in [1.807, 2.05) is 13.8 Å². The van der Waals surface area contributed by atoms with E-state index in [1.165, 1.54) is 12.0 Å². The predicted octanol–water partition coefficient (Wildman–Crippen LogP) is 1.88. The zero-order chi connectivity index (χ0) is 15.8. The molecule has 0 aromatic carbocycles. The fraction of sp³-hybridized carbons (Fsp3) is 0.647. The Morgan fingerprint density at radius 2 is 2.18 bits per heavy atom. The summed E-state index contributed by atoms with van der Waals surface area (Å²) in [6, 6.07) is 4.61. The Hall–Kier alpha value is -1.62. The number of carbonyl (C=O) groups excluding carboxylic acids is 1. The van der Waals surface area contributed by atoms with Crippen molar-refractivity contribution in [2.45, 2.75) is 52.0 Å². The molecule has 3 N–H and O–H groups in total. The summed E-state index contributed by atoms with van der Waals surface area (Å²) in [4.78, 5) is 16.3. The number of aryl methyl sites for hydroxylation is 2. The van der Waals surface area contributed by atoms with Gasteiger partial charge in [0, 0.05) is 31.7 Å². The first-order valence-electron chi connectivity index (χ1n) is 8.54. The first kappa shape index (κ1) is 16.7. The molecule has 0 unspecified atom stereocenters. The molecule has 1 fully saturated rings. The third kappa shape index (κ3) is 4.70. The monoisotopic (exact) mass is 304 g/mol. The van der Waals surface area contributed by atoms with Gasteiger partial charge in [-0.25, -0.2) is 4.98 Å². The van der Waals surface area contributed by atoms with Crippen molar-refractivity contribution in [2.24, 2.45) is 0 Å². The number of nitrogens with one attached hydrogen (secondary N) is 3. The maximum atomic E-state index is 11.7. The van der Waals surface area contributed by atoms with Crippen LogP contribution in [0.1, 0.15) is 44.4 Å². The van der Waals surface area contributed by atoms with Crippen LogP contribution in [0.4, 0.5) is 5.82 Å². The van der Waals surface area contributed by atoms with Gasteiger partial charge < -0.3 is 16.0 Å². The van der Waals surface area contributed by atoms with E-state index in [4.69, 9.17) is 0 Å². The minimum atomic E-state index is 0.160. The quantitative estimate of drug-likeness (QED) is 0.777. The van der Waals surface area contributed by atoms with E-state index in [9.17, 15) is 4.79 Å². The van der Waals surface area contributed by atoms with Crippen LogP contribution in [0, 0.1) is 0 Å². The molecule has 0 atom stereocenters. The molecule has 2 aliphatic rings. The second-order valence-corrected chi connectivity index (χ2v) is 5.62. The van der Waals surface area contributed by atoms with Crippen LogP contribution in [0.3, 0.4) is 0 Å². The van der Waals surface area contributed by atoms with Crippen LogP contribution < -0.4 is 16.0 Å². The molecule has 5 nitrogen and oxygen atoms in total. The summed E-state index contributed by atoms with van der Waals surface area (Å²) in [5.41, 5.74) is 2.39. The minimum Gasteiger partial charge on any atom is -0.370 e. The number of nitrogens with zero attached hydrogens (tertiary/aromatic N) is 1. The molecule has 1 aromatic rings. The molecule has 0 bridgehead atoms. The Morgan fingerprint density at radius 3 is 2.91 bits per heavy atom. The van der Waals surface area contributed by atoms with Crippen molar-refractivity contribution in [3.63, 3.8) is 0 Å². The van der Waals surface area contributed by atoms with Gasteiger partial charge in [-0.1, -0.05) is 19.9 Å². The molecule has 3 heterocycles. The Bertz CT molecular complexity index is 486. The van der Waals surface area contributed by atoms with Crippen molar-refractivity contribution in [1.29, 1.82) is 0 Å². The zero-order valence-corrected chi connectivity index (χ0v) is 13.7. The standard InChI is InChI=1S/C15H22N4O.C2H6/c20-14(18-13-9-16-10-13)5-1-4-12-7-6-11-3-2-8-17-15(11)19-12;1-2/h6-7,13,16H,1-5,8-10H2,(H,17,19)(H,18,20);1-2H3. The number of anilines is 1. The molecule has 2 aliphatic heterocycles. The van der Waals surface area contributed by atoms with Gasteiger partial charge in [-0.2, -0.15) is 0 Å². The maximum Gasteiger partial charge on any atom is 0.220 e. The molecule has 122 valence electrons. The zero-order valence-electron chi connectivity index (χ0n) is 13.7. The normalized spacial score (nSPS) is 16.5. The highest BCUT2D eigenvalue weighted by Crippen LogP contribution is 2.20. The minimum absolute atomic E-state index is 0.160. The molecule has 3 rings (SSSR count). The Balaban J connectivity index is 0.000000847. The van der Waals surface area contributed by atoms with E-state index < -0.39 is 0 Å². The molecule has 0 radical (unpaired) electrons. The number of hydrogen-bond donors (Lipinski definition) is 3. The number of pyridine rings is 1. The average Bonchev–Trinajstić information content (AvgIpc) is 2.53. The van der Waals surface area contributed by atoms with Gasteiger partial charge in [-0.3, -0.25) is 4.79 Å². The van der Waals surface area contributed by atoms with E-state index in [2.05, 4.69) is 33.1 Å². The lowest BCUT2D eigenvalue weighted by atomic mass is 10.1. The van der Waals surface area contributed by atoms with Crippen LogP contribution in [0.5, 0.6) is 0 Å². The molecule has 1 aromatic heterocycles. The van der Waals surface area contributed by atoms with Gasteiger partial charge in [0.2, 0.25) is 5.91 Å². The maximum absolute atomic E-state index is 11.7. The van der Waals surface area contributed by atoms with Crippen LogP contribution in [-0.4, -0.2) is 36.6 Å². The summed E-state index contributed by atoms with van der Waals surface area (Å²) in [5, 5.41) is 9.51. The van der Waals surface area contributed by atoms with E-state index in [1.54, 1.807) is 0 Å². The molecule has 0 aliphatic carbocycles. The molecule has 1 amide bonds. The lowest BCUT2D eigenvalue weighted by molar-refractivity contribution is -0.122. The van der Waals surface area contributed by atoms with Crippen LogP contribution >= 0.6 is 0 Å². The lowest BCUT2D eigenvalue weighted by Crippen LogP contribution is -2.56. The highest BCUT2D eigenvalue weighted by molar-refractivity contribution is 5.76. The molecular weight excluding hydrogens is 276 g/mol. The highest BCUT2D eigenvalue weighted by Gasteiger charge is 2.18. The van der Waals surface area contributed by atoms with Gasteiger partial charge in [0.1, 0.15) is 5.82 Å². The van der Waals surface area contributed by atoms with Crippen LogP contribution in [-0.2, 0) is 17.6 Å². The summed E-state index contributed by atoms with van der Waals surface area (Å²) in [7, 11) is 0. The molecule has 5 heteroatoms. The molecule has 0 saturated carbocycles. The van der Waals surface area contributed by atoms with Crippen molar-refractivity contribution >= 4 is 11.7 Å². The van der Waals surface area contributed by atoms with Crippen molar-refractivity contribution in [3.05, 3.63) is 23.4 Å². The van der Waals surface area contributed by atoms with Gasteiger partial charge in [-0.15, -0.1) is 0 Å². The number of rotatable bonds is 5. The highest BCUT2D eigenvalue weighted by atomic mass is 16.1. The van der Waals surface area contributed by atoms with Gasteiger partial charge >= 0.3 is 0 Å². The topological polar surface area (TPSA) is 66.0 Å². The van der Waals surface area contributed by atoms with Crippen LogP contribution in [0.15, 0.2) is 12.1 Å². The first-order chi connectivity index (χ1) is 10.8. The van der Waals surface area contributed by atoms with Gasteiger partial charge in [0.25, 0.3) is 0 Å². The average molecular weight is 304 g/mol. The number of fused-ring (bicyclic) bond motifs is 1. The number of hydrogen-bond acceptors (Lipinski definition) is 4. The van der Waals surface area contributed by atoms with E-state index in [0.717, 1.165) is 50.4 Å². The molecule has 1 saturated heterocycles. The summed E-state index contributed by atoms with van der Waals surface area (Å²) < 4.78 is 0. The number of amides is 1. The van der Waals surface area contributed by atoms with Crippen molar-refractivity contribution in [1.82, 2.24) is 15.6 Å².